The highest BCUT2D eigenvalue weighted by molar-refractivity contribution is 4.90. The highest BCUT2D eigenvalue weighted by Gasteiger charge is 2.31. The van der Waals surface area contributed by atoms with Crippen molar-refractivity contribution in [1.29, 1.82) is 5.26 Å². The summed E-state index contributed by atoms with van der Waals surface area (Å²) in [6.45, 7) is 5.82. The lowest BCUT2D eigenvalue weighted by molar-refractivity contribution is 0.106. The fraction of sp³-hybridized carbons (Fsp3) is 0.929. The molecule has 0 bridgehead atoms. The standard InChI is InChI=1S/C14H25N3/c1-2-13(7-8-15)17-10-4-5-12(11-17)14-6-3-9-16-14/h12-14,16H,2-7,9-11H2,1H3. The first-order chi connectivity index (χ1) is 8.35. The van der Waals surface area contributed by atoms with Crippen LogP contribution in [-0.2, 0) is 0 Å². The first-order valence-corrected chi connectivity index (χ1v) is 7.19. The molecule has 1 N–H and O–H groups in total. The van der Waals surface area contributed by atoms with Crippen LogP contribution in [0.1, 0.15) is 45.4 Å². The van der Waals surface area contributed by atoms with E-state index in [9.17, 15) is 0 Å². The van der Waals surface area contributed by atoms with E-state index >= 15 is 0 Å². The molecule has 0 aromatic rings. The summed E-state index contributed by atoms with van der Waals surface area (Å²) in [6, 6.07) is 3.58. The molecule has 17 heavy (non-hydrogen) atoms. The van der Waals surface area contributed by atoms with Crippen molar-refractivity contribution in [2.45, 2.75) is 57.5 Å². The van der Waals surface area contributed by atoms with Crippen LogP contribution >= 0.6 is 0 Å². The normalized spacial score (nSPS) is 32.2. The number of nitriles is 1. The quantitative estimate of drug-likeness (QED) is 0.811. The Labute approximate surface area is 105 Å². The maximum Gasteiger partial charge on any atom is 0.0638 e. The van der Waals surface area contributed by atoms with Gasteiger partial charge in [0, 0.05) is 18.6 Å². The van der Waals surface area contributed by atoms with Crippen molar-refractivity contribution < 1.29 is 0 Å². The van der Waals surface area contributed by atoms with Crippen LogP contribution in [0, 0.1) is 17.2 Å². The zero-order valence-electron chi connectivity index (χ0n) is 11.0. The van der Waals surface area contributed by atoms with Crippen LogP contribution in [0.25, 0.3) is 0 Å². The number of rotatable bonds is 4. The lowest BCUT2D eigenvalue weighted by Gasteiger charge is -2.39. The Hall–Kier alpha value is -0.590. The molecule has 2 aliphatic rings. The molecule has 2 heterocycles. The molecular formula is C14H25N3. The Morgan fingerprint density at radius 2 is 2.29 bits per heavy atom. The first kappa shape index (κ1) is 12.9. The molecule has 2 fully saturated rings. The van der Waals surface area contributed by atoms with Gasteiger partial charge in [-0.3, -0.25) is 4.90 Å². The van der Waals surface area contributed by atoms with Crippen LogP contribution in [0.3, 0.4) is 0 Å². The molecule has 3 heteroatoms. The van der Waals surface area contributed by atoms with Crippen LogP contribution in [0.4, 0.5) is 0 Å². The Kier molecular flexibility index (Phi) is 4.82. The molecule has 3 atom stereocenters. The molecule has 0 aromatic carbocycles. The fourth-order valence-corrected chi connectivity index (χ4v) is 3.45. The minimum atomic E-state index is 0.490. The summed E-state index contributed by atoms with van der Waals surface area (Å²) in [5, 5.41) is 12.5. The average molecular weight is 235 g/mol. The van der Waals surface area contributed by atoms with Crippen LogP contribution in [-0.4, -0.2) is 36.6 Å². The lowest BCUT2D eigenvalue weighted by Crippen LogP contribution is -2.47. The monoisotopic (exact) mass is 235 g/mol. The molecule has 0 aliphatic carbocycles. The van der Waals surface area contributed by atoms with Gasteiger partial charge in [0.25, 0.3) is 0 Å². The third-order valence-electron chi connectivity index (χ3n) is 4.47. The van der Waals surface area contributed by atoms with Crippen molar-refractivity contribution in [2.75, 3.05) is 19.6 Å². The van der Waals surface area contributed by atoms with E-state index in [1.807, 2.05) is 0 Å². The van der Waals surface area contributed by atoms with Gasteiger partial charge in [-0.2, -0.15) is 5.26 Å². The van der Waals surface area contributed by atoms with Crippen molar-refractivity contribution in [1.82, 2.24) is 10.2 Å². The Balaban J connectivity index is 1.89. The summed E-state index contributed by atoms with van der Waals surface area (Å²) >= 11 is 0. The SMILES string of the molecule is CCC(CC#N)N1CCCC(C2CCCN2)C1. The van der Waals surface area contributed by atoms with Gasteiger partial charge in [-0.15, -0.1) is 0 Å². The molecule has 0 amide bonds. The maximum absolute atomic E-state index is 8.89. The molecule has 0 aromatic heterocycles. The molecule has 0 radical (unpaired) electrons. The van der Waals surface area contributed by atoms with E-state index < -0.39 is 0 Å². The molecule has 2 saturated heterocycles. The lowest BCUT2D eigenvalue weighted by atomic mass is 9.88. The molecule has 0 spiro atoms. The zero-order valence-corrected chi connectivity index (χ0v) is 11.0. The summed E-state index contributed by atoms with van der Waals surface area (Å²) in [7, 11) is 0. The number of hydrogen-bond acceptors (Lipinski definition) is 3. The van der Waals surface area contributed by atoms with E-state index in [1.165, 1.54) is 45.3 Å². The van der Waals surface area contributed by atoms with Gasteiger partial charge in [-0.1, -0.05) is 6.92 Å². The van der Waals surface area contributed by atoms with E-state index in [0.29, 0.717) is 12.5 Å². The molecule has 0 saturated carbocycles. The number of nitrogens with zero attached hydrogens (tertiary/aromatic N) is 2. The van der Waals surface area contributed by atoms with E-state index in [2.05, 4.69) is 23.2 Å². The van der Waals surface area contributed by atoms with Gasteiger partial charge >= 0.3 is 0 Å². The minimum absolute atomic E-state index is 0.490. The molecular weight excluding hydrogens is 210 g/mol. The van der Waals surface area contributed by atoms with Gasteiger partial charge in [0.05, 0.1) is 12.5 Å². The third kappa shape index (κ3) is 3.20. The van der Waals surface area contributed by atoms with E-state index in [4.69, 9.17) is 5.26 Å². The summed E-state index contributed by atoms with van der Waals surface area (Å²) in [5.74, 6) is 0.819. The maximum atomic E-state index is 8.89. The molecule has 2 rings (SSSR count). The number of piperidine rings is 1. The van der Waals surface area contributed by atoms with Gasteiger partial charge in [-0.05, 0) is 51.1 Å². The topological polar surface area (TPSA) is 39.1 Å². The predicted molar refractivity (Wildman–Crippen MR) is 69.6 cm³/mol. The van der Waals surface area contributed by atoms with E-state index in [0.717, 1.165) is 18.4 Å². The third-order valence-corrected chi connectivity index (χ3v) is 4.47. The van der Waals surface area contributed by atoms with Crippen LogP contribution in [0.15, 0.2) is 0 Å². The Bertz CT molecular complexity index is 265. The van der Waals surface area contributed by atoms with Gasteiger partial charge in [0.1, 0.15) is 0 Å². The van der Waals surface area contributed by atoms with Crippen LogP contribution in [0.2, 0.25) is 0 Å². The van der Waals surface area contributed by atoms with Crippen molar-refractivity contribution >= 4 is 0 Å². The van der Waals surface area contributed by atoms with Crippen molar-refractivity contribution in [3.63, 3.8) is 0 Å². The highest BCUT2D eigenvalue weighted by atomic mass is 15.2. The van der Waals surface area contributed by atoms with E-state index in [-0.39, 0.29) is 0 Å². The van der Waals surface area contributed by atoms with Crippen molar-refractivity contribution in [3.05, 3.63) is 0 Å². The van der Waals surface area contributed by atoms with E-state index in [1.54, 1.807) is 0 Å². The van der Waals surface area contributed by atoms with Crippen molar-refractivity contribution in [3.8, 4) is 6.07 Å². The summed E-state index contributed by atoms with van der Waals surface area (Å²) in [5.41, 5.74) is 0. The van der Waals surface area contributed by atoms with Gasteiger partial charge in [0.2, 0.25) is 0 Å². The van der Waals surface area contributed by atoms with Crippen molar-refractivity contribution in [2.24, 2.45) is 5.92 Å². The number of nitrogens with one attached hydrogen (secondary N) is 1. The van der Waals surface area contributed by atoms with Gasteiger partial charge in [-0.25, -0.2) is 0 Å². The van der Waals surface area contributed by atoms with Gasteiger partial charge < -0.3 is 5.32 Å². The molecule has 3 nitrogen and oxygen atoms in total. The Morgan fingerprint density at radius 1 is 1.41 bits per heavy atom. The first-order valence-electron chi connectivity index (χ1n) is 7.19. The fourth-order valence-electron chi connectivity index (χ4n) is 3.45. The Morgan fingerprint density at radius 3 is 2.94 bits per heavy atom. The summed E-state index contributed by atoms with van der Waals surface area (Å²) in [6.07, 6.45) is 7.19. The second-order valence-corrected chi connectivity index (χ2v) is 5.52. The number of likely N-dealkylation sites (tertiary alicyclic amines) is 1. The van der Waals surface area contributed by atoms with Crippen LogP contribution < -0.4 is 5.32 Å². The van der Waals surface area contributed by atoms with Crippen LogP contribution in [0.5, 0.6) is 0 Å². The smallest absolute Gasteiger partial charge is 0.0638 e. The van der Waals surface area contributed by atoms with Gasteiger partial charge in [0.15, 0.2) is 0 Å². The number of hydrogen-bond donors (Lipinski definition) is 1. The second-order valence-electron chi connectivity index (χ2n) is 5.52. The average Bonchev–Trinajstić information content (AvgIpc) is 2.90. The second kappa shape index (κ2) is 6.37. The predicted octanol–water partition coefficient (Wildman–Crippen LogP) is 2.14. The largest absolute Gasteiger partial charge is 0.314 e. The highest BCUT2D eigenvalue weighted by Crippen LogP contribution is 2.26. The minimum Gasteiger partial charge on any atom is -0.314 e. The summed E-state index contributed by atoms with van der Waals surface area (Å²) in [4.78, 5) is 2.57. The molecule has 96 valence electrons. The zero-order chi connectivity index (χ0) is 12.1. The summed E-state index contributed by atoms with van der Waals surface area (Å²) < 4.78 is 0. The molecule has 2 aliphatic heterocycles. The molecule has 3 unspecified atom stereocenters.